The van der Waals surface area contributed by atoms with Gasteiger partial charge in [0.2, 0.25) is 0 Å². The molecule has 24 bridgehead atoms. The van der Waals surface area contributed by atoms with Crippen LogP contribution in [0.15, 0.2) is 0 Å². The maximum absolute atomic E-state index is 2.56. The van der Waals surface area contributed by atoms with Crippen molar-refractivity contribution in [2.24, 2.45) is 201 Å². The highest BCUT2D eigenvalue weighted by atomic mass is 14.5. The highest BCUT2D eigenvalue weighted by Gasteiger charge is 2.47. The molecule has 0 spiro atoms. The smallest absolute Gasteiger partial charge is 0.0318 e. The molecule has 0 heteroatoms. The topological polar surface area (TPSA) is 0 Å². The summed E-state index contributed by atoms with van der Waals surface area (Å²) in [5.74, 6) is 36.8. The summed E-state index contributed by atoms with van der Waals surface area (Å²) in [6.07, 6.45) is 82.3. The van der Waals surface area contributed by atoms with E-state index in [1.54, 1.807) is 276 Å². The molecule has 0 aliphatic heterocycles. The van der Waals surface area contributed by atoms with Crippen molar-refractivity contribution in [3.05, 3.63) is 0 Å². The van der Waals surface area contributed by atoms with E-state index in [9.17, 15) is 0 Å². The molecule has 0 aromatic heterocycles. The fourth-order valence-electron chi connectivity index (χ4n) is 31.3. The van der Waals surface area contributed by atoms with E-state index in [2.05, 4.69) is 76.2 Å². The molecule has 0 aromatic carbocycles. The summed E-state index contributed by atoms with van der Waals surface area (Å²) in [5, 5.41) is 0. The summed E-state index contributed by atoms with van der Waals surface area (Å²) in [6.45, 7) is 26.9. The molecule has 25 saturated carbocycles. The zero-order chi connectivity index (χ0) is 68.0. The summed E-state index contributed by atoms with van der Waals surface area (Å²) in [6, 6.07) is 0. The fourth-order valence-corrected chi connectivity index (χ4v) is 31.3. The molecule has 25 rings (SSSR count). The van der Waals surface area contributed by atoms with Crippen LogP contribution in [0, 0.1) is 201 Å². The Hall–Kier alpha value is 0. The van der Waals surface area contributed by atoms with Gasteiger partial charge in [0.25, 0.3) is 0 Å². The summed E-state index contributed by atoms with van der Waals surface area (Å²) in [4.78, 5) is 0. The first kappa shape index (κ1) is 76.2. The van der Waals surface area contributed by atoms with Crippen molar-refractivity contribution in [2.75, 3.05) is 0 Å². The van der Waals surface area contributed by atoms with Crippen LogP contribution in [0.3, 0.4) is 0 Å². The van der Waals surface area contributed by atoms with E-state index in [-0.39, 0.29) is 0 Å². The van der Waals surface area contributed by atoms with Crippen molar-refractivity contribution in [1.82, 2.24) is 0 Å². The summed E-state index contributed by atoms with van der Waals surface area (Å²) in [5.41, 5.74) is 0.785. The van der Waals surface area contributed by atoms with Crippen LogP contribution in [-0.4, -0.2) is 0 Å². The third kappa shape index (κ3) is 21.0. The SMILES string of the molecule is CC12CC3CCC(CC(C3)C1)C2.CC1C2CCC1CC2.CC1CC2CCC(C1)C2.CC1CC2CCC(C1)C2.CC1CC2CCC1C2.CC1CC2CCC1C2.CC1CC2CCC1C2.CC1CC2CCC1C2.CC1CC2CCCC1CC2.CC1CCC2CCC1C2.CC1CCC2CCC1C2. The lowest BCUT2D eigenvalue weighted by Gasteiger charge is -2.46. The zero-order valence-electron chi connectivity index (χ0n) is 68.0. The Morgan fingerprint density at radius 1 is 0.163 bits per heavy atom. The van der Waals surface area contributed by atoms with Gasteiger partial charge in [-0.25, -0.2) is 0 Å². The Labute approximate surface area is 613 Å². The van der Waals surface area contributed by atoms with Crippen LogP contribution >= 0.6 is 0 Å². The number of hydrogen-bond acceptors (Lipinski definition) is 0. The number of hydrogen-bond donors (Lipinski definition) is 0. The Bertz CT molecular complexity index is 2070. The molecule has 25 aliphatic carbocycles. The van der Waals surface area contributed by atoms with Gasteiger partial charge in [-0.1, -0.05) is 205 Å². The van der Waals surface area contributed by atoms with Crippen LogP contribution in [0.2, 0.25) is 0 Å². The van der Waals surface area contributed by atoms with Crippen molar-refractivity contribution in [2.45, 2.75) is 416 Å². The van der Waals surface area contributed by atoms with Crippen LogP contribution in [0.25, 0.3) is 0 Å². The molecule has 27 atom stereocenters. The highest BCUT2D eigenvalue weighted by Crippen LogP contribution is 2.58. The largest absolute Gasteiger partial charge is 0.0625 e. The van der Waals surface area contributed by atoms with Crippen LogP contribution in [0.4, 0.5) is 0 Å². The quantitative estimate of drug-likeness (QED) is 0.227. The molecule has 0 radical (unpaired) electrons. The van der Waals surface area contributed by atoms with Crippen molar-refractivity contribution in [3.63, 3.8) is 0 Å². The van der Waals surface area contributed by atoms with Gasteiger partial charge < -0.3 is 0 Å². The average molecular weight is 1350 g/mol. The molecule has 0 heterocycles. The fraction of sp³-hybridized carbons (Fsp3) is 1.00. The highest BCUT2D eigenvalue weighted by molar-refractivity contribution is 4.98. The van der Waals surface area contributed by atoms with E-state index >= 15 is 0 Å². The summed E-state index contributed by atoms with van der Waals surface area (Å²) < 4.78 is 0. The van der Waals surface area contributed by atoms with Crippen LogP contribution in [0.5, 0.6) is 0 Å². The maximum Gasteiger partial charge on any atom is -0.0318 e. The Kier molecular flexibility index (Phi) is 27.8. The number of rotatable bonds is 0. The van der Waals surface area contributed by atoms with Gasteiger partial charge in [-0.15, -0.1) is 0 Å². The second kappa shape index (κ2) is 35.8. The minimum atomic E-state index is 0.785. The first-order chi connectivity index (χ1) is 47.3. The summed E-state index contributed by atoms with van der Waals surface area (Å²) >= 11 is 0. The molecule has 25 fully saturated rings. The first-order valence-corrected chi connectivity index (χ1v) is 47.3. The molecule has 25 aliphatic rings. The lowest BCUT2D eigenvalue weighted by Crippen LogP contribution is -2.35. The van der Waals surface area contributed by atoms with E-state index < -0.39 is 0 Å². The second-order valence-corrected chi connectivity index (χ2v) is 44.8. The third-order valence-corrected chi connectivity index (χ3v) is 37.1. The normalized spacial score (nSPS) is 51.6. The molecular weight excluding hydrogens is 1180 g/mol. The Balaban J connectivity index is 0.0000000972. The van der Waals surface area contributed by atoms with Crippen molar-refractivity contribution in [1.29, 1.82) is 0 Å². The molecule has 0 saturated heterocycles. The van der Waals surface area contributed by atoms with Crippen LogP contribution < -0.4 is 0 Å². The van der Waals surface area contributed by atoms with Crippen molar-refractivity contribution in [3.8, 4) is 0 Å². The lowest BCUT2D eigenvalue weighted by atomic mass is 9.59. The van der Waals surface area contributed by atoms with Gasteiger partial charge in [-0.2, -0.15) is 0 Å². The standard InChI is InChI=1S/C12H20.C10H18.4C9H16.5C8H14/c1-12-6-9-2-3-10(7-12)5-11(4-9)8-12;1-8-7-9-3-2-4-10(8)6-5-9;2*1-7-4-8-2-3-9(5-7)6-8;2*1-7-2-3-8-4-5-9(7)6-8;4*1-6-4-7-2-3-8(6)5-7;1-6-7-2-3-8(6)5-4-7/h9-11H,2-8H2,1H3;8-10H,2-7H2,1H3;4*7-9H,2-6H2,1H3;5*6-8H,2-5H2,1H3. The first-order valence-electron chi connectivity index (χ1n) is 47.3. The van der Waals surface area contributed by atoms with E-state index in [1.807, 2.05) is 0 Å². The average Bonchev–Trinajstić information content (AvgIpc) is 1.45. The van der Waals surface area contributed by atoms with Crippen molar-refractivity contribution < 1.29 is 0 Å². The minimum absolute atomic E-state index is 0.785. The van der Waals surface area contributed by atoms with Crippen LogP contribution in [-0.2, 0) is 0 Å². The predicted molar refractivity (Wildman–Crippen MR) is 425 cm³/mol. The second-order valence-electron chi connectivity index (χ2n) is 44.8. The van der Waals surface area contributed by atoms with Gasteiger partial charge in [0.05, 0.1) is 0 Å². The van der Waals surface area contributed by atoms with Crippen molar-refractivity contribution >= 4 is 0 Å². The van der Waals surface area contributed by atoms with E-state index in [1.165, 1.54) is 64.2 Å². The molecule has 0 aromatic rings. The van der Waals surface area contributed by atoms with E-state index in [4.69, 9.17) is 0 Å². The van der Waals surface area contributed by atoms with Gasteiger partial charge in [-0.05, 0) is 413 Å². The van der Waals surface area contributed by atoms with Gasteiger partial charge in [0.15, 0.2) is 0 Å². The molecule has 27 unspecified atom stereocenters. The lowest BCUT2D eigenvalue weighted by molar-refractivity contribution is 0.0509. The minimum Gasteiger partial charge on any atom is -0.0625 e. The van der Waals surface area contributed by atoms with E-state index in [0.717, 1.165) is 201 Å². The predicted octanol–water partition coefficient (Wildman–Crippen LogP) is 30.4. The Morgan fingerprint density at radius 2 is 0.398 bits per heavy atom. The molecular formula is C98H172. The monoisotopic (exact) mass is 1350 g/mol. The van der Waals surface area contributed by atoms with Gasteiger partial charge in [0.1, 0.15) is 0 Å². The molecule has 564 valence electrons. The molecule has 0 nitrogen and oxygen atoms in total. The molecule has 0 N–H and O–H groups in total. The van der Waals surface area contributed by atoms with Gasteiger partial charge in [-0.3, -0.25) is 0 Å². The summed E-state index contributed by atoms with van der Waals surface area (Å²) in [7, 11) is 0. The Morgan fingerprint density at radius 3 is 0.684 bits per heavy atom. The van der Waals surface area contributed by atoms with Gasteiger partial charge >= 0.3 is 0 Å². The third-order valence-electron chi connectivity index (χ3n) is 37.1. The number of fused-ring (bicyclic) bond motifs is 23. The molecule has 0 amide bonds. The molecule has 98 heavy (non-hydrogen) atoms. The maximum atomic E-state index is 2.56. The van der Waals surface area contributed by atoms with Gasteiger partial charge in [0, 0.05) is 0 Å². The zero-order valence-corrected chi connectivity index (χ0v) is 68.0. The van der Waals surface area contributed by atoms with Crippen LogP contribution in [0.1, 0.15) is 416 Å². The van der Waals surface area contributed by atoms with E-state index in [0.29, 0.717) is 0 Å².